The number of fused-ring (bicyclic) bond motifs is 13. The summed E-state index contributed by atoms with van der Waals surface area (Å²) in [5, 5.41) is 15.9. The summed E-state index contributed by atoms with van der Waals surface area (Å²) < 4.78 is 1.20. The van der Waals surface area contributed by atoms with Gasteiger partial charge >= 0.3 is 0 Å². The van der Waals surface area contributed by atoms with Crippen LogP contribution in [0.15, 0.2) is 102 Å². The topological polar surface area (TPSA) is 0 Å². The molecule has 0 saturated heterocycles. The first-order valence-electron chi connectivity index (χ1n) is 11.0. The fraction of sp³-hybridized carbons (Fsp3) is 0.0323. The zero-order chi connectivity index (χ0) is 21.4. The van der Waals surface area contributed by atoms with E-state index in [0.717, 1.165) is 0 Å². The lowest BCUT2D eigenvalue weighted by Gasteiger charge is -2.20. The van der Waals surface area contributed by atoms with Crippen LogP contribution in [0.5, 0.6) is 0 Å². The molecule has 32 heavy (non-hydrogen) atoms. The van der Waals surface area contributed by atoms with Crippen LogP contribution in [0.2, 0.25) is 0 Å². The maximum atomic E-state index is 4.06. The van der Waals surface area contributed by atoms with Crippen LogP contribution in [0, 0.1) is 6.92 Å². The molecular weight excluding hydrogens is 452 g/mol. The summed E-state index contributed by atoms with van der Waals surface area (Å²) in [7, 11) is 0. The van der Waals surface area contributed by atoms with E-state index in [-0.39, 0.29) is 0 Å². The van der Waals surface area contributed by atoms with Crippen LogP contribution in [0.25, 0.3) is 64.6 Å². The molecule has 0 bridgehead atoms. The lowest BCUT2D eigenvalue weighted by Crippen LogP contribution is -1.92. The van der Waals surface area contributed by atoms with Crippen LogP contribution in [-0.2, 0) is 0 Å². The molecule has 0 radical (unpaired) electrons. The second-order valence-electron chi connectivity index (χ2n) is 8.62. The van der Waals surface area contributed by atoms with Crippen molar-refractivity contribution in [1.29, 1.82) is 0 Å². The van der Waals surface area contributed by atoms with Gasteiger partial charge in [-0.2, -0.15) is 0 Å². The maximum absolute atomic E-state index is 4.06. The second-order valence-corrected chi connectivity index (χ2v) is 9.41. The number of hydrogen-bond donors (Lipinski definition) is 0. The molecule has 0 atom stereocenters. The standard InChI is InChI=1S/C31H19Br/c1-18-27-23-14-6-2-10-19(23)20-11-3-7-15-24(20)28(27)29-25-16-8-4-12-21(25)22-13-5-9-17-26(22)30(29)31(18)32/h2-17H,1H3. The predicted molar refractivity (Wildman–Crippen MR) is 144 cm³/mol. The Kier molecular flexibility index (Phi) is 3.72. The van der Waals surface area contributed by atoms with Crippen molar-refractivity contribution in [2.45, 2.75) is 6.92 Å². The van der Waals surface area contributed by atoms with Crippen molar-refractivity contribution in [2.75, 3.05) is 0 Å². The van der Waals surface area contributed by atoms with Gasteiger partial charge in [0.1, 0.15) is 0 Å². The Balaban J connectivity index is 1.99. The number of rotatable bonds is 0. The van der Waals surface area contributed by atoms with Crippen molar-refractivity contribution < 1.29 is 0 Å². The van der Waals surface area contributed by atoms with E-state index in [9.17, 15) is 0 Å². The van der Waals surface area contributed by atoms with Crippen molar-refractivity contribution in [2.24, 2.45) is 0 Å². The minimum absolute atomic E-state index is 1.20. The smallest absolute Gasteiger partial charge is 0.0296 e. The van der Waals surface area contributed by atoms with E-state index in [2.05, 4.69) is 120 Å². The largest absolute Gasteiger partial charge is 0.0616 e. The minimum Gasteiger partial charge on any atom is -0.0616 e. The van der Waals surface area contributed by atoms with Gasteiger partial charge in [0, 0.05) is 9.86 Å². The first kappa shape index (κ1) is 18.2. The summed E-state index contributed by atoms with van der Waals surface area (Å²) in [4.78, 5) is 0. The highest BCUT2D eigenvalue weighted by Crippen LogP contribution is 2.48. The molecule has 0 aliphatic carbocycles. The van der Waals surface area contributed by atoms with Crippen LogP contribution in [0.4, 0.5) is 0 Å². The number of aryl methyl sites for hydroxylation is 1. The average molecular weight is 471 g/mol. The van der Waals surface area contributed by atoms with Crippen molar-refractivity contribution in [3.05, 3.63) is 107 Å². The zero-order valence-corrected chi connectivity index (χ0v) is 19.2. The molecule has 0 spiro atoms. The van der Waals surface area contributed by atoms with Gasteiger partial charge in [-0.3, -0.25) is 0 Å². The van der Waals surface area contributed by atoms with E-state index >= 15 is 0 Å². The Morgan fingerprint density at radius 2 is 0.656 bits per heavy atom. The van der Waals surface area contributed by atoms with Gasteiger partial charge in [-0.25, -0.2) is 0 Å². The van der Waals surface area contributed by atoms with Crippen molar-refractivity contribution in [3.8, 4) is 0 Å². The Morgan fingerprint density at radius 3 is 1.06 bits per heavy atom. The SMILES string of the molecule is Cc1c(Br)c2c3ccccc3c3ccccc3c2c2c3ccccc3c3ccccc3c12. The minimum atomic E-state index is 1.20. The molecule has 0 fully saturated rings. The Bertz CT molecular complexity index is 1750. The monoisotopic (exact) mass is 470 g/mol. The van der Waals surface area contributed by atoms with Gasteiger partial charge in [-0.1, -0.05) is 97.1 Å². The molecule has 0 heterocycles. The average Bonchev–Trinajstić information content (AvgIpc) is 2.86. The summed E-state index contributed by atoms with van der Waals surface area (Å²) in [5.41, 5.74) is 1.30. The molecule has 7 rings (SSSR count). The molecule has 7 aromatic rings. The van der Waals surface area contributed by atoms with Crippen LogP contribution < -0.4 is 0 Å². The highest BCUT2D eigenvalue weighted by Gasteiger charge is 2.20. The van der Waals surface area contributed by atoms with E-state index in [1.165, 1.54) is 74.7 Å². The first-order valence-corrected chi connectivity index (χ1v) is 11.8. The molecular formula is C31H19Br. The maximum Gasteiger partial charge on any atom is 0.0296 e. The summed E-state index contributed by atoms with van der Waals surface area (Å²) in [6.07, 6.45) is 0. The number of hydrogen-bond acceptors (Lipinski definition) is 0. The van der Waals surface area contributed by atoms with Crippen LogP contribution in [0.1, 0.15) is 5.56 Å². The van der Waals surface area contributed by atoms with Crippen molar-refractivity contribution >= 4 is 80.6 Å². The molecule has 150 valence electrons. The van der Waals surface area contributed by atoms with Gasteiger partial charge in [0.2, 0.25) is 0 Å². The van der Waals surface area contributed by atoms with Crippen LogP contribution in [-0.4, -0.2) is 0 Å². The van der Waals surface area contributed by atoms with Gasteiger partial charge in [0.15, 0.2) is 0 Å². The van der Waals surface area contributed by atoms with Gasteiger partial charge in [0.25, 0.3) is 0 Å². The number of halogens is 1. The van der Waals surface area contributed by atoms with E-state index in [1.807, 2.05) is 0 Å². The fourth-order valence-corrected chi connectivity index (χ4v) is 6.33. The van der Waals surface area contributed by atoms with Gasteiger partial charge in [0.05, 0.1) is 0 Å². The molecule has 0 aliphatic heterocycles. The predicted octanol–water partition coefficient (Wildman–Crippen LogP) is 9.68. The molecule has 0 aliphatic rings. The molecule has 0 amide bonds. The summed E-state index contributed by atoms with van der Waals surface area (Å²) in [5.74, 6) is 0. The lowest BCUT2D eigenvalue weighted by molar-refractivity contribution is 1.54. The van der Waals surface area contributed by atoms with E-state index in [4.69, 9.17) is 0 Å². The van der Waals surface area contributed by atoms with Crippen molar-refractivity contribution in [1.82, 2.24) is 0 Å². The summed E-state index contributed by atoms with van der Waals surface area (Å²) in [6, 6.07) is 35.4. The third-order valence-corrected chi connectivity index (χ3v) is 8.03. The Morgan fingerprint density at radius 1 is 0.375 bits per heavy atom. The molecule has 7 aromatic carbocycles. The van der Waals surface area contributed by atoms with Gasteiger partial charge < -0.3 is 0 Å². The third-order valence-electron chi connectivity index (χ3n) is 7.04. The highest BCUT2D eigenvalue weighted by molar-refractivity contribution is 9.10. The molecule has 1 heteroatoms. The normalized spacial score (nSPS) is 12.1. The molecule has 0 saturated carbocycles. The number of benzene rings is 7. The fourth-order valence-electron chi connectivity index (χ4n) is 5.72. The third kappa shape index (κ3) is 2.22. The van der Waals surface area contributed by atoms with Gasteiger partial charge in [-0.15, -0.1) is 0 Å². The summed E-state index contributed by atoms with van der Waals surface area (Å²) >= 11 is 4.06. The summed E-state index contributed by atoms with van der Waals surface area (Å²) in [6.45, 7) is 2.26. The first-order chi connectivity index (χ1) is 15.8. The van der Waals surface area contributed by atoms with E-state index < -0.39 is 0 Å². The van der Waals surface area contributed by atoms with Crippen LogP contribution in [0.3, 0.4) is 0 Å². The molecule has 0 N–H and O–H groups in total. The highest BCUT2D eigenvalue weighted by atomic mass is 79.9. The quantitative estimate of drug-likeness (QED) is 0.193. The second kappa shape index (κ2) is 6.54. The van der Waals surface area contributed by atoms with E-state index in [1.54, 1.807) is 0 Å². The molecule has 0 aromatic heterocycles. The Hall–Kier alpha value is -3.42. The molecule has 0 unspecified atom stereocenters. The van der Waals surface area contributed by atoms with Gasteiger partial charge in [-0.05, 0) is 87.7 Å². The van der Waals surface area contributed by atoms with Crippen LogP contribution >= 0.6 is 15.9 Å². The lowest BCUT2D eigenvalue weighted by atomic mass is 9.85. The molecule has 0 nitrogen and oxygen atoms in total. The Labute approximate surface area is 194 Å². The van der Waals surface area contributed by atoms with Crippen molar-refractivity contribution in [3.63, 3.8) is 0 Å². The zero-order valence-electron chi connectivity index (χ0n) is 17.6. The van der Waals surface area contributed by atoms with E-state index in [0.29, 0.717) is 0 Å².